The van der Waals surface area contributed by atoms with Crippen molar-refractivity contribution in [2.45, 2.75) is 32.7 Å². The molecule has 3 rings (SSSR count). The maximum absolute atomic E-state index is 13.0. The van der Waals surface area contributed by atoms with E-state index in [0.717, 1.165) is 24.0 Å². The first kappa shape index (κ1) is 20.8. The van der Waals surface area contributed by atoms with E-state index < -0.39 is 17.7 Å². The van der Waals surface area contributed by atoms with E-state index in [9.17, 15) is 14.4 Å². The van der Waals surface area contributed by atoms with Crippen molar-refractivity contribution in [3.05, 3.63) is 58.4 Å². The van der Waals surface area contributed by atoms with Crippen LogP contribution in [-0.2, 0) is 9.59 Å². The zero-order chi connectivity index (χ0) is 21.1. The summed E-state index contributed by atoms with van der Waals surface area (Å²) in [4.78, 5) is 42.3. The highest BCUT2D eigenvalue weighted by Gasteiger charge is 2.34. The summed E-state index contributed by atoms with van der Waals surface area (Å²) in [6.45, 7) is 4.44. The van der Waals surface area contributed by atoms with Crippen LogP contribution in [0.4, 0.5) is 5.69 Å². The average Bonchev–Trinajstić information content (AvgIpc) is 2.69. The second kappa shape index (κ2) is 8.61. The van der Waals surface area contributed by atoms with Gasteiger partial charge in [-0.25, -0.2) is 0 Å². The lowest BCUT2D eigenvalue weighted by Gasteiger charge is -2.38. The minimum Gasteiger partial charge on any atom is -0.366 e. The Morgan fingerprint density at radius 3 is 2.66 bits per heavy atom. The molecular weight excluding hydrogens is 392 g/mol. The van der Waals surface area contributed by atoms with E-state index >= 15 is 0 Å². The van der Waals surface area contributed by atoms with Crippen LogP contribution >= 0.6 is 11.6 Å². The molecule has 1 aromatic heterocycles. The van der Waals surface area contributed by atoms with Gasteiger partial charge in [0.15, 0.2) is 0 Å². The number of aryl methyl sites for hydroxylation is 1. The number of aromatic nitrogens is 1. The summed E-state index contributed by atoms with van der Waals surface area (Å²) in [6, 6.07) is 6.88. The van der Waals surface area contributed by atoms with Crippen LogP contribution in [0.2, 0.25) is 5.02 Å². The van der Waals surface area contributed by atoms with Crippen molar-refractivity contribution in [1.82, 2.24) is 9.88 Å². The molecule has 2 aromatic rings. The lowest BCUT2D eigenvalue weighted by atomic mass is 9.89. The van der Waals surface area contributed by atoms with Gasteiger partial charge in [-0.1, -0.05) is 30.7 Å². The van der Waals surface area contributed by atoms with Gasteiger partial charge in [-0.2, -0.15) is 0 Å². The van der Waals surface area contributed by atoms with E-state index in [2.05, 4.69) is 17.2 Å². The van der Waals surface area contributed by atoms with Crippen LogP contribution < -0.4 is 11.1 Å². The van der Waals surface area contributed by atoms with Gasteiger partial charge >= 0.3 is 11.8 Å². The number of halogens is 1. The molecule has 0 aliphatic carbocycles. The van der Waals surface area contributed by atoms with Gasteiger partial charge in [-0.3, -0.25) is 19.4 Å². The predicted octanol–water partition coefficient (Wildman–Crippen LogP) is 3.08. The van der Waals surface area contributed by atoms with Crippen molar-refractivity contribution >= 4 is 35.0 Å². The number of primary amides is 1. The van der Waals surface area contributed by atoms with Crippen LogP contribution in [0.3, 0.4) is 0 Å². The van der Waals surface area contributed by atoms with Gasteiger partial charge in [-0.05, 0) is 48.9 Å². The number of likely N-dealkylation sites (tertiary alicyclic amines) is 1. The standard InChI is InChI=1S/C21H23ClN4O3/c1-12-3-6-18(14-5-4-13(2)17(22)8-14)26(11-12)21(29)20(28)25-16-7-15(19(23)27)9-24-10-16/h4-5,7-10,12,18H,3,6,11H2,1-2H3,(H2,23,27)(H,25,28)/t12-,18+/m1/s1. The number of piperidine rings is 1. The van der Waals surface area contributed by atoms with Gasteiger partial charge in [0, 0.05) is 17.8 Å². The molecule has 1 fully saturated rings. The zero-order valence-corrected chi connectivity index (χ0v) is 17.1. The van der Waals surface area contributed by atoms with Gasteiger partial charge in [0.05, 0.1) is 23.5 Å². The minimum atomic E-state index is -0.786. The maximum Gasteiger partial charge on any atom is 0.313 e. The van der Waals surface area contributed by atoms with Crippen LogP contribution in [0.1, 0.15) is 47.3 Å². The highest BCUT2D eigenvalue weighted by molar-refractivity contribution is 6.39. The Morgan fingerprint density at radius 1 is 1.21 bits per heavy atom. The first-order chi connectivity index (χ1) is 13.8. The quantitative estimate of drug-likeness (QED) is 0.752. The highest BCUT2D eigenvalue weighted by Crippen LogP contribution is 2.35. The smallest absolute Gasteiger partial charge is 0.313 e. The lowest BCUT2D eigenvalue weighted by Crippen LogP contribution is -2.46. The molecule has 2 atom stereocenters. The van der Waals surface area contributed by atoms with Crippen molar-refractivity contribution in [3.63, 3.8) is 0 Å². The number of hydrogen-bond acceptors (Lipinski definition) is 4. The van der Waals surface area contributed by atoms with Gasteiger partial charge in [0.2, 0.25) is 5.91 Å². The molecule has 1 aromatic carbocycles. The Bertz CT molecular complexity index is 963. The molecule has 0 saturated carbocycles. The van der Waals surface area contributed by atoms with Gasteiger partial charge < -0.3 is 16.0 Å². The Morgan fingerprint density at radius 2 is 1.97 bits per heavy atom. The molecule has 7 nitrogen and oxygen atoms in total. The van der Waals surface area contributed by atoms with Gasteiger partial charge in [0.25, 0.3) is 0 Å². The summed E-state index contributed by atoms with van der Waals surface area (Å²) in [7, 11) is 0. The van der Waals surface area contributed by atoms with Crippen molar-refractivity contribution in [1.29, 1.82) is 0 Å². The molecular formula is C21H23ClN4O3. The molecule has 0 spiro atoms. The number of amides is 3. The van der Waals surface area contributed by atoms with E-state index in [-0.39, 0.29) is 23.2 Å². The molecule has 1 saturated heterocycles. The van der Waals surface area contributed by atoms with E-state index in [0.29, 0.717) is 11.6 Å². The summed E-state index contributed by atoms with van der Waals surface area (Å²) in [5.74, 6) is -1.81. The molecule has 0 radical (unpaired) electrons. The summed E-state index contributed by atoms with van der Waals surface area (Å²) in [6.07, 6.45) is 4.35. The highest BCUT2D eigenvalue weighted by atomic mass is 35.5. The van der Waals surface area contributed by atoms with Gasteiger partial charge in [-0.15, -0.1) is 0 Å². The number of benzene rings is 1. The number of nitrogens with two attached hydrogens (primary N) is 1. The van der Waals surface area contributed by atoms with E-state index in [4.69, 9.17) is 17.3 Å². The zero-order valence-electron chi connectivity index (χ0n) is 16.3. The van der Waals surface area contributed by atoms with Crippen LogP contribution in [-0.4, -0.2) is 34.2 Å². The summed E-state index contributed by atoms with van der Waals surface area (Å²) in [5, 5.41) is 3.15. The number of nitrogens with zero attached hydrogens (tertiary/aromatic N) is 2. The number of pyridine rings is 1. The van der Waals surface area contributed by atoms with Crippen LogP contribution in [0.25, 0.3) is 0 Å². The monoisotopic (exact) mass is 414 g/mol. The van der Waals surface area contributed by atoms with Crippen molar-refractivity contribution in [3.8, 4) is 0 Å². The molecule has 152 valence electrons. The number of carbonyl (C=O) groups excluding carboxylic acids is 3. The fourth-order valence-electron chi connectivity index (χ4n) is 3.50. The van der Waals surface area contributed by atoms with E-state index in [1.165, 1.54) is 18.5 Å². The number of rotatable bonds is 3. The first-order valence-corrected chi connectivity index (χ1v) is 9.77. The Kier molecular flexibility index (Phi) is 6.17. The summed E-state index contributed by atoms with van der Waals surface area (Å²) < 4.78 is 0. The molecule has 8 heteroatoms. The first-order valence-electron chi connectivity index (χ1n) is 9.39. The Hall–Kier alpha value is -2.93. The number of carbonyl (C=O) groups is 3. The third kappa shape index (κ3) is 4.74. The predicted molar refractivity (Wildman–Crippen MR) is 110 cm³/mol. The SMILES string of the molecule is Cc1ccc([C@@H]2CC[C@@H](C)CN2C(=O)C(=O)Nc2cncc(C(N)=O)c2)cc1Cl. The lowest BCUT2D eigenvalue weighted by molar-refractivity contribution is -0.146. The molecule has 1 aliphatic heterocycles. The molecule has 3 amide bonds. The molecule has 0 bridgehead atoms. The van der Waals surface area contributed by atoms with Crippen molar-refractivity contribution in [2.75, 3.05) is 11.9 Å². The third-order valence-electron chi connectivity index (χ3n) is 5.13. The Balaban J connectivity index is 1.81. The number of anilines is 1. The van der Waals surface area contributed by atoms with E-state index in [1.54, 1.807) is 4.90 Å². The largest absolute Gasteiger partial charge is 0.366 e. The fourth-order valence-corrected chi connectivity index (χ4v) is 3.69. The molecule has 3 N–H and O–H groups in total. The summed E-state index contributed by atoms with van der Waals surface area (Å²) in [5.41, 5.74) is 7.48. The van der Waals surface area contributed by atoms with Crippen molar-refractivity contribution in [2.24, 2.45) is 11.7 Å². The second-order valence-electron chi connectivity index (χ2n) is 7.45. The normalized spacial score (nSPS) is 18.9. The van der Waals surface area contributed by atoms with Crippen LogP contribution in [0, 0.1) is 12.8 Å². The van der Waals surface area contributed by atoms with Crippen LogP contribution in [0.5, 0.6) is 0 Å². The number of hydrogen-bond donors (Lipinski definition) is 2. The summed E-state index contributed by atoms with van der Waals surface area (Å²) >= 11 is 6.27. The minimum absolute atomic E-state index is 0.147. The molecule has 0 unspecified atom stereocenters. The topological polar surface area (TPSA) is 105 Å². The fraction of sp³-hybridized carbons (Fsp3) is 0.333. The molecule has 1 aliphatic rings. The molecule has 2 heterocycles. The Labute approximate surface area is 174 Å². The maximum atomic E-state index is 13.0. The van der Waals surface area contributed by atoms with Crippen molar-refractivity contribution < 1.29 is 14.4 Å². The third-order valence-corrected chi connectivity index (χ3v) is 5.54. The van der Waals surface area contributed by atoms with E-state index in [1.807, 2.05) is 25.1 Å². The van der Waals surface area contributed by atoms with Gasteiger partial charge in [0.1, 0.15) is 0 Å². The van der Waals surface area contributed by atoms with Crippen LogP contribution in [0.15, 0.2) is 36.7 Å². The second-order valence-corrected chi connectivity index (χ2v) is 7.85. The molecule has 29 heavy (non-hydrogen) atoms. The number of nitrogens with one attached hydrogen (secondary N) is 1. The average molecular weight is 415 g/mol.